The first kappa shape index (κ1) is 19.8. The zero-order valence-corrected chi connectivity index (χ0v) is 17.9. The molecule has 0 saturated carbocycles. The Labute approximate surface area is 177 Å². The normalized spacial score (nSPS) is 18.2. The summed E-state index contributed by atoms with van der Waals surface area (Å²) >= 11 is 1.61. The molecule has 1 aliphatic heterocycles. The lowest BCUT2D eigenvalue weighted by Gasteiger charge is -2.33. The van der Waals surface area contributed by atoms with E-state index >= 15 is 0 Å². The largest absolute Gasteiger partial charge is 0.309 e. The standard InChI is InChI=1S/C20H21FN4O3S2/c21-14-5-1-2-7-16(14)30(27,28)25-10-8-24(9-11-25)12-17-22-19(26)18-13-4-3-6-15(13)29-20(18)23-17/h1-2,5,7H,3-4,6,8-12H2,(H,22,23,26). The molecule has 0 bridgehead atoms. The molecule has 0 unspecified atom stereocenters. The number of aromatic nitrogens is 2. The van der Waals surface area contributed by atoms with E-state index in [0.717, 1.165) is 41.1 Å². The van der Waals surface area contributed by atoms with E-state index in [-0.39, 0.29) is 23.5 Å². The van der Waals surface area contributed by atoms with Crippen LogP contribution in [0.2, 0.25) is 0 Å². The number of hydrogen-bond acceptors (Lipinski definition) is 6. The van der Waals surface area contributed by atoms with E-state index in [0.29, 0.717) is 25.5 Å². The number of thiophene rings is 1. The van der Waals surface area contributed by atoms with E-state index < -0.39 is 15.8 Å². The number of aryl methyl sites for hydroxylation is 2. The molecule has 0 radical (unpaired) electrons. The number of H-pyrrole nitrogens is 1. The number of halogens is 1. The van der Waals surface area contributed by atoms with Gasteiger partial charge in [0.25, 0.3) is 5.56 Å². The molecule has 1 saturated heterocycles. The van der Waals surface area contributed by atoms with E-state index in [4.69, 9.17) is 0 Å². The fourth-order valence-electron chi connectivity index (χ4n) is 4.25. The molecule has 2 aromatic heterocycles. The monoisotopic (exact) mass is 448 g/mol. The molecule has 0 amide bonds. The molecule has 1 N–H and O–H groups in total. The molecular formula is C20H21FN4O3S2. The van der Waals surface area contributed by atoms with E-state index in [1.54, 1.807) is 11.3 Å². The minimum Gasteiger partial charge on any atom is -0.309 e. The van der Waals surface area contributed by atoms with Crippen molar-refractivity contribution < 1.29 is 12.8 Å². The second-order valence-electron chi connectivity index (χ2n) is 7.66. The first-order valence-electron chi connectivity index (χ1n) is 9.94. The topological polar surface area (TPSA) is 86.4 Å². The summed E-state index contributed by atoms with van der Waals surface area (Å²) in [7, 11) is -3.86. The predicted molar refractivity (Wildman–Crippen MR) is 113 cm³/mol. The number of sulfonamides is 1. The molecule has 10 heteroatoms. The van der Waals surface area contributed by atoms with E-state index in [1.165, 1.54) is 27.4 Å². The summed E-state index contributed by atoms with van der Waals surface area (Å²) in [6.45, 7) is 1.93. The number of fused-ring (bicyclic) bond motifs is 3. The fourth-order valence-corrected chi connectivity index (χ4v) is 7.02. The SMILES string of the molecule is O=c1[nH]c(CN2CCN(S(=O)(=O)c3ccccc3F)CC2)nc2sc3c(c12)CCC3. The van der Waals surface area contributed by atoms with Crippen molar-refractivity contribution in [2.45, 2.75) is 30.7 Å². The smallest absolute Gasteiger partial charge is 0.259 e. The summed E-state index contributed by atoms with van der Waals surface area (Å²) in [5.74, 6) is -0.143. The van der Waals surface area contributed by atoms with E-state index in [9.17, 15) is 17.6 Å². The highest BCUT2D eigenvalue weighted by molar-refractivity contribution is 7.89. The third-order valence-corrected chi connectivity index (χ3v) is 8.90. The van der Waals surface area contributed by atoms with Crippen molar-refractivity contribution in [2.75, 3.05) is 26.2 Å². The van der Waals surface area contributed by atoms with Gasteiger partial charge in [-0.1, -0.05) is 12.1 Å². The van der Waals surface area contributed by atoms with Crippen LogP contribution in [0.4, 0.5) is 4.39 Å². The predicted octanol–water partition coefficient (Wildman–Crippen LogP) is 2.12. The van der Waals surface area contributed by atoms with Gasteiger partial charge in [0.1, 0.15) is 21.4 Å². The fraction of sp³-hybridized carbons (Fsp3) is 0.400. The molecular weight excluding hydrogens is 427 g/mol. The Hall–Kier alpha value is -2.14. The molecule has 1 aromatic carbocycles. The highest BCUT2D eigenvalue weighted by Crippen LogP contribution is 2.34. The maximum Gasteiger partial charge on any atom is 0.259 e. The molecule has 7 nitrogen and oxygen atoms in total. The van der Waals surface area contributed by atoms with Crippen LogP contribution in [0.1, 0.15) is 22.7 Å². The number of aromatic amines is 1. The zero-order valence-electron chi connectivity index (χ0n) is 16.2. The van der Waals surface area contributed by atoms with Gasteiger partial charge in [-0.25, -0.2) is 17.8 Å². The van der Waals surface area contributed by atoms with Crippen LogP contribution in [0.5, 0.6) is 0 Å². The number of hydrogen-bond donors (Lipinski definition) is 1. The number of nitrogens with zero attached hydrogens (tertiary/aromatic N) is 3. The molecule has 158 valence electrons. The highest BCUT2D eigenvalue weighted by atomic mass is 32.2. The molecule has 3 heterocycles. The molecule has 30 heavy (non-hydrogen) atoms. The van der Waals surface area contributed by atoms with Crippen LogP contribution >= 0.6 is 11.3 Å². The second kappa shape index (κ2) is 7.52. The number of nitrogens with one attached hydrogen (secondary N) is 1. The Bertz CT molecular complexity index is 1280. The van der Waals surface area contributed by atoms with E-state index in [2.05, 4.69) is 14.9 Å². The lowest BCUT2D eigenvalue weighted by molar-refractivity contribution is 0.178. The van der Waals surface area contributed by atoms with Gasteiger partial charge in [-0.05, 0) is 37.0 Å². The van der Waals surface area contributed by atoms with Gasteiger partial charge in [-0.2, -0.15) is 4.31 Å². The Balaban J connectivity index is 1.30. The van der Waals surface area contributed by atoms with Gasteiger partial charge in [-0.15, -0.1) is 11.3 Å². The van der Waals surface area contributed by atoms with Crippen molar-refractivity contribution in [1.82, 2.24) is 19.2 Å². The van der Waals surface area contributed by atoms with Gasteiger partial charge < -0.3 is 4.98 Å². The van der Waals surface area contributed by atoms with Crippen molar-refractivity contribution in [2.24, 2.45) is 0 Å². The van der Waals surface area contributed by atoms with Crippen molar-refractivity contribution in [1.29, 1.82) is 0 Å². The summed E-state index contributed by atoms with van der Waals surface area (Å²) in [5, 5.41) is 0.733. The molecule has 1 fully saturated rings. The molecule has 0 atom stereocenters. The Morgan fingerprint density at radius 2 is 1.90 bits per heavy atom. The zero-order chi connectivity index (χ0) is 20.9. The van der Waals surface area contributed by atoms with Crippen LogP contribution in [0, 0.1) is 5.82 Å². The van der Waals surface area contributed by atoms with Crippen molar-refractivity contribution in [3.8, 4) is 0 Å². The van der Waals surface area contributed by atoms with Crippen LogP contribution in [-0.4, -0.2) is 53.8 Å². The van der Waals surface area contributed by atoms with Gasteiger partial charge in [-0.3, -0.25) is 9.69 Å². The number of piperazine rings is 1. The van der Waals surface area contributed by atoms with Crippen LogP contribution in [0.25, 0.3) is 10.2 Å². The third-order valence-electron chi connectivity index (χ3n) is 5.78. The van der Waals surface area contributed by atoms with E-state index in [1.807, 2.05) is 0 Å². The number of rotatable bonds is 4. The van der Waals surface area contributed by atoms with Gasteiger partial charge in [0, 0.05) is 31.1 Å². The first-order valence-corrected chi connectivity index (χ1v) is 12.2. The maximum absolute atomic E-state index is 14.0. The van der Waals surface area contributed by atoms with Crippen LogP contribution in [-0.2, 0) is 29.4 Å². The molecule has 1 aliphatic carbocycles. The van der Waals surface area contributed by atoms with Crippen LogP contribution < -0.4 is 5.56 Å². The highest BCUT2D eigenvalue weighted by Gasteiger charge is 2.30. The number of benzene rings is 1. The third kappa shape index (κ3) is 3.37. The quantitative estimate of drug-likeness (QED) is 0.661. The Kier molecular flexibility index (Phi) is 4.97. The van der Waals surface area contributed by atoms with Gasteiger partial charge in [0.05, 0.1) is 11.9 Å². The lowest BCUT2D eigenvalue weighted by atomic mass is 10.2. The first-order chi connectivity index (χ1) is 14.4. The molecule has 5 rings (SSSR count). The summed E-state index contributed by atoms with van der Waals surface area (Å²) in [6.07, 6.45) is 3.06. The van der Waals surface area contributed by atoms with Crippen molar-refractivity contribution >= 4 is 31.6 Å². The average molecular weight is 449 g/mol. The van der Waals surface area contributed by atoms with Gasteiger partial charge in [0.2, 0.25) is 10.0 Å². The molecule has 3 aromatic rings. The van der Waals surface area contributed by atoms with Crippen LogP contribution in [0.15, 0.2) is 34.0 Å². The summed E-state index contributed by atoms with van der Waals surface area (Å²) < 4.78 is 40.8. The van der Waals surface area contributed by atoms with Crippen molar-refractivity contribution in [3.63, 3.8) is 0 Å². The minimum atomic E-state index is -3.86. The molecule has 0 spiro atoms. The summed E-state index contributed by atoms with van der Waals surface area (Å²) in [6, 6.07) is 5.44. The average Bonchev–Trinajstić information content (AvgIpc) is 3.29. The summed E-state index contributed by atoms with van der Waals surface area (Å²) in [5.41, 5.74) is 1.07. The minimum absolute atomic E-state index is 0.0878. The van der Waals surface area contributed by atoms with Gasteiger partial charge in [0.15, 0.2) is 0 Å². The summed E-state index contributed by atoms with van der Waals surface area (Å²) in [4.78, 5) is 24.0. The maximum atomic E-state index is 14.0. The Morgan fingerprint density at radius 1 is 1.13 bits per heavy atom. The molecule has 2 aliphatic rings. The Morgan fingerprint density at radius 3 is 2.67 bits per heavy atom. The lowest BCUT2D eigenvalue weighted by Crippen LogP contribution is -2.48. The second-order valence-corrected chi connectivity index (χ2v) is 10.7. The van der Waals surface area contributed by atoms with Crippen LogP contribution in [0.3, 0.4) is 0 Å². The van der Waals surface area contributed by atoms with Gasteiger partial charge >= 0.3 is 0 Å². The van der Waals surface area contributed by atoms with Crippen molar-refractivity contribution in [3.05, 3.63) is 56.7 Å².